The Balaban J connectivity index is 2.85. The van der Waals surface area contributed by atoms with Crippen LogP contribution in [0.25, 0.3) is 0 Å². The van der Waals surface area contributed by atoms with E-state index in [2.05, 4.69) is 5.92 Å². The molecule has 0 radical (unpaired) electrons. The fraction of sp³-hybridized carbons (Fsp3) is 0.333. The first kappa shape index (κ1) is 10.7. The van der Waals surface area contributed by atoms with Crippen LogP contribution in [0.2, 0.25) is 0 Å². The van der Waals surface area contributed by atoms with Crippen LogP contribution in [0.1, 0.15) is 30.0 Å². The molecule has 1 atom stereocenters. The van der Waals surface area contributed by atoms with Gasteiger partial charge in [0.15, 0.2) is 0 Å². The van der Waals surface area contributed by atoms with E-state index >= 15 is 0 Å². The minimum atomic E-state index is -0.300. The molecule has 0 heterocycles. The van der Waals surface area contributed by atoms with Crippen molar-refractivity contribution < 1.29 is 4.39 Å². The Morgan fingerprint density at radius 3 is 2.93 bits per heavy atom. The molecule has 0 saturated carbocycles. The lowest BCUT2D eigenvalue weighted by atomic mass is 10.0. The van der Waals surface area contributed by atoms with Gasteiger partial charge in [-0.15, -0.1) is 12.3 Å². The Morgan fingerprint density at radius 1 is 1.57 bits per heavy atom. The second-order valence-corrected chi connectivity index (χ2v) is 3.33. The average molecular weight is 191 g/mol. The highest BCUT2D eigenvalue weighted by atomic mass is 19.1. The van der Waals surface area contributed by atoms with Crippen molar-refractivity contribution in [3.63, 3.8) is 0 Å². The van der Waals surface area contributed by atoms with Crippen molar-refractivity contribution in [3.8, 4) is 12.3 Å². The summed E-state index contributed by atoms with van der Waals surface area (Å²) in [5.41, 5.74) is 6.99. The molecule has 1 rings (SSSR count). The highest BCUT2D eigenvalue weighted by Crippen LogP contribution is 2.20. The van der Waals surface area contributed by atoms with Crippen molar-refractivity contribution in [2.45, 2.75) is 25.8 Å². The first-order chi connectivity index (χ1) is 6.66. The van der Waals surface area contributed by atoms with Gasteiger partial charge in [0.1, 0.15) is 5.82 Å². The second kappa shape index (κ2) is 4.78. The normalized spacial score (nSPS) is 12.1. The minimum absolute atomic E-state index is 0.211. The van der Waals surface area contributed by atoms with Crippen LogP contribution in [-0.2, 0) is 0 Å². The molecule has 1 aromatic rings. The van der Waals surface area contributed by atoms with Gasteiger partial charge in [0, 0.05) is 18.0 Å². The molecule has 0 aliphatic carbocycles. The zero-order valence-electron chi connectivity index (χ0n) is 8.26. The van der Waals surface area contributed by atoms with Crippen LogP contribution in [-0.4, -0.2) is 0 Å². The molecule has 0 bridgehead atoms. The van der Waals surface area contributed by atoms with Crippen LogP contribution >= 0.6 is 0 Å². The first-order valence-corrected chi connectivity index (χ1v) is 4.61. The minimum Gasteiger partial charge on any atom is -0.324 e. The molecule has 0 aliphatic heterocycles. The van der Waals surface area contributed by atoms with Crippen molar-refractivity contribution in [3.05, 3.63) is 35.1 Å². The van der Waals surface area contributed by atoms with Crippen molar-refractivity contribution in [2.75, 3.05) is 0 Å². The Bertz CT molecular complexity index is 352. The lowest BCUT2D eigenvalue weighted by molar-refractivity contribution is 0.562. The topological polar surface area (TPSA) is 26.0 Å². The number of hydrogen-bond donors (Lipinski definition) is 1. The van der Waals surface area contributed by atoms with Gasteiger partial charge in [-0.2, -0.15) is 0 Å². The number of terminal acetylenes is 1. The molecule has 0 saturated heterocycles. The number of rotatable bonds is 3. The van der Waals surface area contributed by atoms with Crippen LogP contribution in [0, 0.1) is 25.1 Å². The summed E-state index contributed by atoms with van der Waals surface area (Å²) >= 11 is 0. The summed E-state index contributed by atoms with van der Waals surface area (Å²) in [6, 6.07) is 4.95. The van der Waals surface area contributed by atoms with Gasteiger partial charge < -0.3 is 5.73 Å². The summed E-state index contributed by atoms with van der Waals surface area (Å²) in [5, 5.41) is 0. The predicted molar refractivity (Wildman–Crippen MR) is 56.1 cm³/mol. The highest BCUT2D eigenvalue weighted by Gasteiger charge is 2.11. The van der Waals surface area contributed by atoms with Crippen LogP contribution in [0.4, 0.5) is 4.39 Å². The summed E-state index contributed by atoms with van der Waals surface area (Å²) < 4.78 is 13.5. The van der Waals surface area contributed by atoms with E-state index in [1.165, 1.54) is 0 Å². The van der Waals surface area contributed by atoms with Crippen LogP contribution < -0.4 is 5.73 Å². The largest absolute Gasteiger partial charge is 0.324 e. The summed E-state index contributed by atoms with van der Waals surface area (Å²) in [7, 11) is 0. The Morgan fingerprint density at radius 2 is 2.29 bits per heavy atom. The second-order valence-electron chi connectivity index (χ2n) is 3.33. The van der Waals surface area contributed by atoms with E-state index in [1.807, 2.05) is 6.07 Å². The van der Waals surface area contributed by atoms with E-state index in [9.17, 15) is 4.39 Å². The molecule has 2 heteroatoms. The standard InChI is InChI=1S/C12H14FN/c1-3-4-8-11(14)10-7-5-6-9(2)12(10)13/h1,5-7,11H,4,8,14H2,2H3. The zero-order valence-corrected chi connectivity index (χ0v) is 8.26. The van der Waals surface area contributed by atoms with E-state index in [4.69, 9.17) is 12.2 Å². The molecule has 1 nitrogen and oxygen atoms in total. The highest BCUT2D eigenvalue weighted by molar-refractivity contribution is 5.27. The zero-order chi connectivity index (χ0) is 10.6. The smallest absolute Gasteiger partial charge is 0.130 e. The summed E-state index contributed by atoms with van der Waals surface area (Å²) in [4.78, 5) is 0. The third kappa shape index (κ3) is 2.34. The van der Waals surface area contributed by atoms with Crippen LogP contribution in [0.5, 0.6) is 0 Å². The van der Waals surface area contributed by atoms with Gasteiger partial charge in [0.25, 0.3) is 0 Å². The van der Waals surface area contributed by atoms with Crippen molar-refractivity contribution in [1.82, 2.24) is 0 Å². The molecule has 0 spiro atoms. The van der Waals surface area contributed by atoms with Gasteiger partial charge in [-0.1, -0.05) is 18.2 Å². The van der Waals surface area contributed by atoms with Gasteiger partial charge in [0.2, 0.25) is 0 Å². The van der Waals surface area contributed by atoms with Crippen LogP contribution in [0.3, 0.4) is 0 Å². The first-order valence-electron chi connectivity index (χ1n) is 4.61. The van der Waals surface area contributed by atoms with Gasteiger partial charge in [-0.3, -0.25) is 0 Å². The Kier molecular flexibility index (Phi) is 3.67. The number of aryl methyl sites for hydroxylation is 1. The summed E-state index contributed by atoms with van der Waals surface area (Å²) in [6.45, 7) is 1.73. The SMILES string of the molecule is C#CCCC(N)c1cccc(C)c1F. The Labute approximate surface area is 84.1 Å². The molecule has 0 amide bonds. The molecule has 14 heavy (non-hydrogen) atoms. The third-order valence-corrected chi connectivity index (χ3v) is 2.22. The monoisotopic (exact) mass is 191 g/mol. The fourth-order valence-electron chi connectivity index (χ4n) is 1.35. The van der Waals surface area contributed by atoms with Crippen molar-refractivity contribution >= 4 is 0 Å². The third-order valence-electron chi connectivity index (χ3n) is 2.22. The van der Waals surface area contributed by atoms with E-state index in [-0.39, 0.29) is 11.9 Å². The number of hydrogen-bond acceptors (Lipinski definition) is 1. The van der Waals surface area contributed by atoms with Gasteiger partial charge in [0.05, 0.1) is 0 Å². The van der Waals surface area contributed by atoms with Crippen molar-refractivity contribution in [1.29, 1.82) is 0 Å². The number of nitrogens with two attached hydrogens (primary N) is 1. The van der Waals surface area contributed by atoms with Crippen molar-refractivity contribution in [2.24, 2.45) is 5.73 Å². The maximum atomic E-state index is 13.5. The predicted octanol–water partition coefficient (Wildman–Crippen LogP) is 2.55. The molecule has 0 aromatic heterocycles. The van der Waals surface area contributed by atoms with E-state index < -0.39 is 0 Å². The molecular formula is C12H14FN. The molecule has 1 aromatic carbocycles. The molecule has 74 valence electrons. The molecule has 0 aliphatic rings. The molecule has 1 unspecified atom stereocenters. The van der Waals surface area contributed by atoms with Gasteiger partial charge in [-0.25, -0.2) is 4.39 Å². The van der Waals surface area contributed by atoms with E-state index in [0.717, 1.165) is 0 Å². The fourth-order valence-corrected chi connectivity index (χ4v) is 1.35. The quantitative estimate of drug-likeness (QED) is 0.730. The molecule has 2 N–H and O–H groups in total. The Hall–Kier alpha value is -1.33. The average Bonchev–Trinajstić information content (AvgIpc) is 2.18. The van der Waals surface area contributed by atoms with Crippen LogP contribution in [0.15, 0.2) is 18.2 Å². The van der Waals surface area contributed by atoms with E-state index in [1.54, 1.807) is 19.1 Å². The van der Waals surface area contributed by atoms with Gasteiger partial charge >= 0.3 is 0 Å². The van der Waals surface area contributed by atoms with E-state index in [0.29, 0.717) is 24.0 Å². The molecular weight excluding hydrogens is 177 g/mol. The molecule has 0 fully saturated rings. The number of halogens is 1. The summed E-state index contributed by atoms with van der Waals surface area (Å²) in [5.74, 6) is 2.29. The van der Waals surface area contributed by atoms with Gasteiger partial charge in [-0.05, 0) is 18.9 Å². The number of benzene rings is 1. The lowest BCUT2D eigenvalue weighted by Crippen LogP contribution is -2.12. The maximum Gasteiger partial charge on any atom is 0.130 e. The maximum absolute atomic E-state index is 13.5. The lowest BCUT2D eigenvalue weighted by Gasteiger charge is -2.12. The summed E-state index contributed by atoms with van der Waals surface area (Å²) in [6.07, 6.45) is 6.32.